The first-order chi connectivity index (χ1) is 8.16. The van der Waals surface area contributed by atoms with Crippen LogP contribution < -0.4 is 0 Å². The van der Waals surface area contributed by atoms with Gasteiger partial charge in [0.2, 0.25) is 0 Å². The summed E-state index contributed by atoms with van der Waals surface area (Å²) < 4.78 is 37.0. The number of aliphatic hydroxyl groups is 1. The molecule has 18 heavy (non-hydrogen) atoms. The largest absolute Gasteiger partial charge is 0.416 e. The average molecular weight is 260 g/mol. The first kappa shape index (κ1) is 14.7. The van der Waals surface area contributed by atoms with Crippen molar-refractivity contribution in [2.75, 3.05) is 0 Å². The average Bonchev–Trinajstić information content (AvgIpc) is 2.28. The molecule has 0 radical (unpaired) electrons. The van der Waals surface area contributed by atoms with E-state index < -0.39 is 23.1 Å². The topological polar surface area (TPSA) is 37.3 Å². The van der Waals surface area contributed by atoms with Crippen molar-refractivity contribution in [2.24, 2.45) is 0 Å². The number of halogens is 3. The molecule has 0 spiro atoms. The fourth-order valence-corrected chi connectivity index (χ4v) is 1.38. The Balaban J connectivity index is 2.79. The minimum atomic E-state index is -4.38. The molecule has 2 nitrogen and oxygen atoms in total. The monoisotopic (exact) mass is 260 g/mol. The maximum atomic E-state index is 12.3. The maximum absolute atomic E-state index is 12.3. The van der Waals surface area contributed by atoms with E-state index in [4.69, 9.17) is 0 Å². The molecule has 1 rings (SSSR count). The van der Waals surface area contributed by atoms with Crippen molar-refractivity contribution in [3.8, 4) is 0 Å². The standard InChI is InChI=1S/C13H15F3O2/c1-3-12(2,18)11(17)8-9-4-6-10(7-5-9)13(14,15)16/h4-7,18H,3,8H2,1-2H3. The van der Waals surface area contributed by atoms with Crippen molar-refractivity contribution in [3.05, 3.63) is 35.4 Å². The van der Waals surface area contributed by atoms with E-state index in [-0.39, 0.29) is 12.8 Å². The second kappa shape index (κ2) is 5.10. The van der Waals surface area contributed by atoms with E-state index in [0.29, 0.717) is 5.56 Å². The number of alkyl halides is 3. The Bertz CT molecular complexity index is 419. The Hall–Kier alpha value is -1.36. The van der Waals surface area contributed by atoms with Gasteiger partial charge in [-0.05, 0) is 31.0 Å². The number of benzene rings is 1. The molecule has 0 saturated carbocycles. The van der Waals surface area contributed by atoms with Crippen LogP contribution in [0.5, 0.6) is 0 Å². The lowest BCUT2D eigenvalue weighted by Crippen LogP contribution is -2.35. The maximum Gasteiger partial charge on any atom is 0.416 e. The van der Waals surface area contributed by atoms with Gasteiger partial charge < -0.3 is 5.11 Å². The minimum absolute atomic E-state index is 0.0705. The highest BCUT2D eigenvalue weighted by Crippen LogP contribution is 2.29. The van der Waals surface area contributed by atoms with Gasteiger partial charge in [0.05, 0.1) is 5.56 Å². The van der Waals surface area contributed by atoms with Gasteiger partial charge in [0.25, 0.3) is 0 Å². The van der Waals surface area contributed by atoms with Gasteiger partial charge in [-0.1, -0.05) is 19.1 Å². The summed E-state index contributed by atoms with van der Waals surface area (Å²) in [5, 5.41) is 9.71. The summed E-state index contributed by atoms with van der Waals surface area (Å²) in [6, 6.07) is 4.38. The molecule has 0 aromatic heterocycles. The normalized spacial score (nSPS) is 15.2. The van der Waals surface area contributed by atoms with Crippen molar-refractivity contribution in [1.29, 1.82) is 0 Å². The summed E-state index contributed by atoms with van der Waals surface area (Å²) in [6.45, 7) is 3.07. The van der Waals surface area contributed by atoms with Crippen molar-refractivity contribution < 1.29 is 23.1 Å². The van der Waals surface area contributed by atoms with E-state index in [1.165, 1.54) is 19.1 Å². The van der Waals surface area contributed by atoms with Crippen LogP contribution in [0.15, 0.2) is 24.3 Å². The van der Waals surface area contributed by atoms with Gasteiger partial charge in [0.15, 0.2) is 5.78 Å². The van der Waals surface area contributed by atoms with Crippen LogP contribution in [0.3, 0.4) is 0 Å². The van der Waals surface area contributed by atoms with Crippen LogP contribution in [0.1, 0.15) is 31.4 Å². The van der Waals surface area contributed by atoms with Gasteiger partial charge in [0, 0.05) is 6.42 Å². The number of ketones is 1. The summed E-state index contributed by atoms with van der Waals surface area (Å²) in [5.41, 5.74) is -1.72. The molecule has 0 aliphatic heterocycles. The third-order valence-corrected chi connectivity index (χ3v) is 2.94. The molecular weight excluding hydrogens is 245 g/mol. The second-order valence-electron chi connectivity index (χ2n) is 4.42. The third kappa shape index (κ3) is 3.57. The number of rotatable bonds is 4. The highest BCUT2D eigenvalue weighted by molar-refractivity contribution is 5.88. The van der Waals surface area contributed by atoms with Gasteiger partial charge in [-0.25, -0.2) is 0 Å². The quantitative estimate of drug-likeness (QED) is 0.903. The van der Waals surface area contributed by atoms with E-state index in [1.807, 2.05) is 0 Å². The van der Waals surface area contributed by atoms with Crippen LogP contribution in [0.2, 0.25) is 0 Å². The zero-order chi connectivity index (χ0) is 14.0. The summed E-state index contributed by atoms with van der Waals surface area (Å²) in [6.07, 6.45) is -4.18. The first-order valence-electron chi connectivity index (χ1n) is 5.58. The number of hydrogen-bond acceptors (Lipinski definition) is 2. The zero-order valence-electron chi connectivity index (χ0n) is 10.2. The molecule has 1 unspecified atom stereocenters. The molecule has 100 valence electrons. The first-order valence-corrected chi connectivity index (χ1v) is 5.58. The van der Waals surface area contributed by atoms with E-state index in [9.17, 15) is 23.1 Å². The molecule has 0 aliphatic rings. The van der Waals surface area contributed by atoms with Crippen LogP contribution >= 0.6 is 0 Å². The summed E-state index contributed by atoms with van der Waals surface area (Å²) >= 11 is 0. The van der Waals surface area contributed by atoms with Crippen LogP contribution in [0.4, 0.5) is 13.2 Å². The van der Waals surface area contributed by atoms with Gasteiger partial charge in [0.1, 0.15) is 5.60 Å². The highest BCUT2D eigenvalue weighted by Gasteiger charge is 2.31. The fraction of sp³-hybridized carbons (Fsp3) is 0.462. The number of carbonyl (C=O) groups is 1. The molecule has 0 fully saturated rings. The lowest BCUT2D eigenvalue weighted by molar-refractivity contribution is -0.137. The summed E-state index contributed by atoms with van der Waals surface area (Å²) in [5.74, 6) is -0.398. The van der Waals surface area contributed by atoms with Gasteiger partial charge >= 0.3 is 6.18 Å². The predicted octanol–water partition coefficient (Wildman–Crippen LogP) is 2.98. The molecule has 0 amide bonds. The second-order valence-corrected chi connectivity index (χ2v) is 4.42. The van der Waals surface area contributed by atoms with E-state index in [2.05, 4.69) is 0 Å². The SMILES string of the molecule is CCC(C)(O)C(=O)Cc1ccc(C(F)(F)F)cc1. The molecule has 1 aromatic carbocycles. The fourth-order valence-electron chi connectivity index (χ4n) is 1.38. The van der Waals surface area contributed by atoms with Gasteiger partial charge in [-0.3, -0.25) is 4.79 Å². The predicted molar refractivity (Wildman–Crippen MR) is 61.1 cm³/mol. The van der Waals surface area contributed by atoms with Crippen LogP contribution in [-0.2, 0) is 17.4 Å². The molecule has 1 atom stereocenters. The molecule has 0 aliphatic carbocycles. The third-order valence-electron chi connectivity index (χ3n) is 2.94. The van der Waals surface area contributed by atoms with Crippen molar-refractivity contribution in [3.63, 3.8) is 0 Å². The van der Waals surface area contributed by atoms with Crippen LogP contribution in [-0.4, -0.2) is 16.5 Å². The Labute approximate surface area is 103 Å². The summed E-state index contributed by atoms with van der Waals surface area (Å²) in [7, 11) is 0. The van der Waals surface area contributed by atoms with Crippen molar-refractivity contribution in [1.82, 2.24) is 0 Å². The molecule has 0 heterocycles. The zero-order valence-corrected chi connectivity index (χ0v) is 10.2. The minimum Gasteiger partial charge on any atom is -0.382 e. The highest BCUT2D eigenvalue weighted by atomic mass is 19.4. The van der Waals surface area contributed by atoms with E-state index >= 15 is 0 Å². The molecule has 5 heteroatoms. The number of Topliss-reactive ketones (excluding diaryl/α,β-unsaturated/α-hetero) is 1. The number of carbonyl (C=O) groups excluding carboxylic acids is 1. The molecule has 0 bridgehead atoms. The molecular formula is C13H15F3O2. The van der Waals surface area contributed by atoms with Crippen molar-refractivity contribution in [2.45, 2.75) is 38.5 Å². The smallest absolute Gasteiger partial charge is 0.382 e. The lowest BCUT2D eigenvalue weighted by atomic mass is 9.92. The van der Waals surface area contributed by atoms with Gasteiger partial charge in [-0.2, -0.15) is 13.2 Å². The molecule has 0 saturated heterocycles. The van der Waals surface area contributed by atoms with E-state index in [1.54, 1.807) is 6.92 Å². The van der Waals surface area contributed by atoms with Gasteiger partial charge in [-0.15, -0.1) is 0 Å². The van der Waals surface area contributed by atoms with Crippen LogP contribution in [0, 0.1) is 0 Å². The number of hydrogen-bond donors (Lipinski definition) is 1. The Morgan fingerprint density at radius 3 is 2.11 bits per heavy atom. The molecule has 1 aromatic rings. The Morgan fingerprint density at radius 2 is 1.72 bits per heavy atom. The molecule has 1 N–H and O–H groups in total. The Kier molecular flexibility index (Phi) is 4.16. The lowest BCUT2D eigenvalue weighted by Gasteiger charge is -2.19. The van der Waals surface area contributed by atoms with E-state index in [0.717, 1.165) is 12.1 Å². The van der Waals surface area contributed by atoms with Crippen molar-refractivity contribution >= 4 is 5.78 Å². The summed E-state index contributed by atoms with van der Waals surface area (Å²) in [4.78, 5) is 11.7. The van der Waals surface area contributed by atoms with Crippen LogP contribution in [0.25, 0.3) is 0 Å². The Morgan fingerprint density at radius 1 is 1.22 bits per heavy atom.